The van der Waals surface area contributed by atoms with Crippen LogP contribution in [0.1, 0.15) is 27.2 Å². The summed E-state index contributed by atoms with van der Waals surface area (Å²) in [5, 5.41) is 0.247. The quantitative estimate of drug-likeness (QED) is 0.837. The van der Waals surface area contributed by atoms with E-state index in [1.807, 2.05) is 11.9 Å². The van der Waals surface area contributed by atoms with Crippen LogP contribution in [0.2, 0.25) is 10.6 Å². The van der Waals surface area contributed by atoms with Crippen molar-refractivity contribution in [3.8, 4) is 0 Å². The van der Waals surface area contributed by atoms with Gasteiger partial charge in [-0.1, -0.05) is 13.8 Å². The van der Waals surface area contributed by atoms with Crippen molar-refractivity contribution in [3.05, 3.63) is 10.6 Å². The van der Waals surface area contributed by atoms with Gasteiger partial charge in [0.15, 0.2) is 0 Å². The van der Waals surface area contributed by atoms with Gasteiger partial charge in [0.2, 0.25) is 16.5 Å². The predicted octanol–water partition coefficient (Wildman–Crippen LogP) is 3.05. The number of halogens is 2. The fourth-order valence-corrected chi connectivity index (χ4v) is 1.87. The third-order valence-corrected chi connectivity index (χ3v) is 2.70. The Balaban J connectivity index is 2.82. The van der Waals surface area contributed by atoms with Gasteiger partial charge in [0.1, 0.15) is 0 Å². The molecular weight excluding hydrogens is 247 g/mol. The Morgan fingerprint density at radius 1 is 1.06 bits per heavy atom. The lowest BCUT2D eigenvalue weighted by Gasteiger charge is -2.26. The maximum Gasteiger partial charge on any atom is 0.230 e. The van der Waals surface area contributed by atoms with Gasteiger partial charge in [0.05, 0.1) is 0 Å². The van der Waals surface area contributed by atoms with Crippen LogP contribution in [0.15, 0.2) is 0 Å². The van der Waals surface area contributed by atoms with Crippen LogP contribution in [0.4, 0.5) is 5.95 Å². The van der Waals surface area contributed by atoms with Crippen molar-refractivity contribution in [3.63, 3.8) is 0 Å². The first-order chi connectivity index (χ1) is 7.40. The molecule has 0 amide bonds. The summed E-state index contributed by atoms with van der Waals surface area (Å²) in [6.07, 6.45) is 1.05. The number of anilines is 1. The zero-order chi connectivity index (χ0) is 12.3. The standard InChI is InChI=1S/C10H16Cl2N4/c1-6(2)5-7(3)16(4)10-14-8(11)13-9(12)15-10/h6-7H,5H2,1-4H3. The molecule has 1 heterocycles. The van der Waals surface area contributed by atoms with Gasteiger partial charge < -0.3 is 4.90 Å². The first kappa shape index (κ1) is 13.5. The number of hydrogen-bond donors (Lipinski definition) is 0. The Morgan fingerprint density at radius 2 is 1.56 bits per heavy atom. The average Bonchev–Trinajstić information content (AvgIpc) is 2.13. The minimum Gasteiger partial charge on any atom is -0.341 e. The highest BCUT2D eigenvalue weighted by molar-refractivity contribution is 6.31. The molecule has 0 N–H and O–H groups in total. The van der Waals surface area contributed by atoms with Gasteiger partial charge >= 0.3 is 0 Å². The van der Waals surface area contributed by atoms with Gasteiger partial charge in [0.25, 0.3) is 0 Å². The van der Waals surface area contributed by atoms with E-state index in [0.29, 0.717) is 17.9 Å². The number of hydrogen-bond acceptors (Lipinski definition) is 4. The van der Waals surface area contributed by atoms with Crippen molar-refractivity contribution >= 4 is 29.2 Å². The van der Waals surface area contributed by atoms with E-state index in [4.69, 9.17) is 23.2 Å². The molecule has 0 aliphatic rings. The Morgan fingerprint density at radius 3 is 2.00 bits per heavy atom. The number of nitrogens with zero attached hydrogens (tertiary/aromatic N) is 4. The Kier molecular flexibility index (Phi) is 4.74. The molecule has 0 saturated carbocycles. The molecule has 0 fully saturated rings. The second-order valence-electron chi connectivity index (χ2n) is 4.26. The van der Waals surface area contributed by atoms with E-state index in [1.165, 1.54) is 0 Å². The summed E-state index contributed by atoms with van der Waals surface area (Å²) in [5.41, 5.74) is 0. The van der Waals surface area contributed by atoms with Crippen LogP contribution in [0.3, 0.4) is 0 Å². The normalized spacial score (nSPS) is 12.9. The van der Waals surface area contributed by atoms with Crippen molar-refractivity contribution < 1.29 is 0 Å². The summed E-state index contributed by atoms with van der Waals surface area (Å²) in [6, 6.07) is 0.328. The van der Waals surface area contributed by atoms with E-state index >= 15 is 0 Å². The largest absolute Gasteiger partial charge is 0.341 e. The molecule has 6 heteroatoms. The van der Waals surface area contributed by atoms with Gasteiger partial charge in [-0.3, -0.25) is 0 Å². The summed E-state index contributed by atoms with van der Waals surface area (Å²) in [4.78, 5) is 13.8. The summed E-state index contributed by atoms with van der Waals surface area (Å²) in [5.74, 6) is 1.13. The molecular formula is C10H16Cl2N4. The van der Waals surface area contributed by atoms with Crippen molar-refractivity contribution in [2.75, 3.05) is 11.9 Å². The van der Waals surface area contributed by atoms with Gasteiger partial charge in [-0.15, -0.1) is 0 Å². The third kappa shape index (κ3) is 3.76. The predicted molar refractivity (Wildman–Crippen MR) is 67.2 cm³/mol. The molecule has 0 saturated heterocycles. The maximum absolute atomic E-state index is 5.73. The van der Waals surface area contributed by atoms with E-state index in [2.05, 4.69) is 35.7 Å². The molecule has 1 unspecified atom stereocenters. The molecule has 90 valence electrons. The number of aromatic nitrogens is 3. The van der Waals surface area contributed by atoms with Crippen molar-refractivity contribution in [2.24, 2.45) is 5.92 Å². The summed E-state index contributed by atoms with van der Waals surface area (Å²) >= 11 is 11.5. The minimum atomic E-state index is 0.124. The van der Waals surface area contributed by atoms with Crippen LogP contribution < -0.4 is 4.90 Å². The second-order valence-corrected chi connectivity index (χ2v) is 4.94. The lowest BCUT2D eigenvalue weighted by molar-refractivity contribution is 0.499. The van der Waals surface area contributed by atoms with E-state index in [0.717, 1.165) is 6.42 Å². The van der Waals surface area contributed by atoms with Crippen LogP contribution in [0, 0.1) is 5.92 Å². The maximum atomic E-state index is 5.73. The van der Waals surface area contributed by atoms with E-state index in [9.17, 15) is 0 Å². The molecule has 1 aromatic rings. The molecule has 0 bridgehead atoms. The zero-order valence-electron chi connectivity index (χ0n) is 9.91. The second kappa shape index (κ2) is 5.64. The van der Waals surface area contributed by atoms with Crippen molar-refractivity contribution in [1.82, 2.24) is 15.0 Å². The smallest absolute Gasteiger partial charge is 0.230 e. The Labute approximate surface area is 106 Å². The van der Waals surface area contributed by atoms with Crippen LogP contribution in [-0.4, -0.2) is 28.0 Å². The van der Waals surface area contributed by atoms with Crippen LogP contribution in [-0.2, 0) is 0 Å². The highest BCUT2D eigenvalue weighted by Crippen LogP contribution is 2.17. The molecule has 1 atom stereocenters. The molecule has 0 aliphatic heterocycles. The van der Waals surface area contributed by atoms with Gasteiger partial charge in [-0.25, -0.2) is 0 Å². The Hall–Kier alpha value is -0.610. The molecule has 16 heavy (non-hydrogen) atoms. The van der Waals surface area contributed by atoms with Gasteiger partial charge in [-0.05, 0) is 42.5 Å². The topological polar surface area (TPSA) is 41.9 Å². The van der Waals surface area contributed by atoms with E-state index < -0.39 is 0 Å². The zero-order valence-corrected chi connectivity index (χ0v) is 11.4. The lowest BCUT2D eigenvalue weighted by atomic mass is 10.0. The molecule has 1 aromatic heterocycles. The van der Waals surface area contributed by atoms with Gasteiger partial charge in [0, 0.05) is 13.1 Å². The van der Waals surface area contributed by atoms with E-state index in [-0.39, 0.29) is 10.6 Å². The molecule has 4 nitrogen and oxygen atoms in total. The first-order valence-corrected chi connectivity index (χ1v) is 5.95. The number of rotatable bonds is 4. The summed E-state index contributed by atoms with van der Waals surface area (Å²) in [6.45, 7) is 6.47. The highest BCUT2D eigenvalue weighted by atomic mass is 35.5. The van der Waals surface area contributed by atoms with Crippen LogP contribution in [0.5, 0.6) is 0 Å². The molecule has 0 aromatic carbocycles. The van der Waals surface area contributed by atoms with Crippen molar-refractivity contribution in [2.45, 2.75) is 33.2 Å². The molecule has 0 spiro atoms. The molecule has 0 aliphatic carbocycles. The Bertz CT molecular complexity index is 336. The van der Waals surface area contributed by atoms with Crippen LogP contribution >= 0.6 is 23.2 Å². The molecule has 1 rings (SSSR count). The summed E-state index contributed by atoms with van der Waals surface area (Å²) in [7, 11) is 1.93. The van der Waals surface area contributed by atoms with Crippen LogP contribution in [0.25, 0.3) is 0 Å². The highest BCUT2D eigenvalue weighted by Gasteiger charge is 2.15. The average molecular weight is 263 g/mol. The molecule has 0 radical (unpaired) electrons. The monoisotopic (exact) mass is 262 g/mol. The first-order valence-electron chi connectivity index (χ1n) is 5.20. The minimum absolute atomic E-state index is 0.124. The SMILES string of the molecule is CC(C)CC(C)N(C)c1nc(Cl)nc(Cl)n1. The lowest BCUT2D eigenvalue weighted by Crippen LogP contribution is -2.31. The third-order valence-electron chi connectivity index (χ3n) is 2.36. The van der Waals surface area contributed by atoms with Crippen molar-refractivity contribution in [1.29, 1.82) is 0 Å². The van der Waals surface area contributed by atoms with Gasteiger partial charge in [-0.2, -0.15) is 15.0 Å². The fourth-order valence-electron chi connectivity index (χ4n) is 1.51. The fraction of sp³-hybridized carbons (Fsp3) is 0.700. The summed E-state index contributed by atoms with van der Waals surface area (Å²) < 4.78 is 0. The van der Waals surface area contributed by atoms with E-state index in [1.54, 1.807) is 0 Å².